The molecule has 0 radical (unpaired) electrons. The molecule has 2 aliphatic heterocycles. The largest absolute Gasteiger partial charge is 0.336 e. The highest BCUT2D eigenvalue weighted by Crippen LogP contribution is 2.28. The molecule has 2 heterocycles. The lowest BCUT2D eigenvalue weighted by atomic mass is 10.0. The minimum absolute atomic E-state index is 0.00834. The molecule has 0 N–H and O–H groups in total. The van der Waals surface area contributed by atoms with E-state index in [-0.39, 0.29) is 17.7 Å². The number of anilines is 1. The zero-order valence-corrected chi connectivity index (χ0v) is 16.8. The smallest absolute Gasteiger partial charge is 0.254 e. The van der Waals surface area contributed by atoms with Crippen LogP contribution >= 0.6 is 0 Å². The second kappa shape index (κ2) is 7.95. The molecule has 0 aromatic heterocycles. The Morgan fingerprint density at radius 2 is 1.82 bits per heavy atom. The highest BCUT2D eigenvalue weighted by Gasteiger charge is 2.31. The highest BCUT2D eigenvalue weighted by atomic mass is 32.2. The maximum atomic E-state index is 13.2. The summed E-state index contributed by atoms with van der Waals surface area (Å²) in [5.41, 5.74) is 2.47. The highest BCUT2D eigenvalue weighted by molar-refractivity contribution is 7.93. The minimum Gasteiger partial charge on any atom is -0.336 e. The van der Waals surface area contributed by atoms with E-state index in [0.29, 0.717) is 24.2 Å². The number of hydrogen-bond donors (Lipinski definition) is 0. The van der Waals surface area contributed by atoms with Gasteiger partial charge in [-0.2, -0.15) is 0 Å². The van der Waals surface area contributed by atoms with Crippen molar-refractivity contribution in [1.29, 1.82) is 0 Å². The third kappa shape index (κ3) is 3.92. The van der Waals surface area contributed by atoms with E-state index in [9.17, 15) is 13.2 Å². The molecule has 28 heavy (non-hydrogen) atoms. The molecule has 6 heteroatoms. The molecule has 5 nitrogen and oxygen atoms in total. The van der Waals surface area contributed by atoms with E-state index in [1.165, 1.54) is 9.87 Å². The van der Waals surface area contributed by atoms with Crippen molar-refractivity contribution in [1.82, 2.24) is 4.90 Å². The predicted octanol–water partition coefficient (Wildman–Crippen LogP) is 3.46. The summed E-state index contributed by atoms with van der Waals surface area (Å²) in [6.45, 7) is 1.26. The van der Waals surface area contributed by atoms with Gasteiger partial charge in [0.25, 0.3) is 5.91 Å². The van der Waals surface area contributed by atoms with Crippen LogP contribution in [0.3, 0.4) is 0 Å². The number of rotatable bonds is 5. The molecular weight excluding hydrogens is 372 g/mol. The number of carbonyl (C=O) groups is 1. The average Bonchev–Trinajstić information content (AvgIpc) is 3.32. The lowest BCUT2D eigenvalue weighted by Gasteiger charge is -2.25. The van der Waals surface area contributed by atoms with Crippen molar-refractivity contribution in [2.45, 2.75) is 38.1 Å². The van der Waals surface area contributed by atoms with Crippen molar-refractivity contribution in [3.63, 3.8) is 0 Å². The summed E-state index contributed by atoms with van der Waals surface area (Å²) >= 11 is 0. The third-order valence-electron chi connectivity index (χ3n) is 5.73. The Labute approximate surface area is 167 Å². The van der Waals surface area contributed by atoms with Gasteiger partial charge in [0.1, 0.15) is 0 Å². The Bertz CT molecular complexity index is 943. The summed E-state index contributed by atoms with van der Waals surface area (Å²) in [4.78, 5) is 15.1. The molecule has 0 aliphatic carbocycles. The Morgan fingerprint density at radius 3 is 2.57 bits per heavy atom. The monoisotopic (exact) mass is 398 g/mol. The molecule has 0 bridgehead atoms. The van der Waals surface area contributed by atoms with Crippen LogP contribution in [0.4, 0.5) is 5.69 Å². The molecule has 1 amide bonds. The Balaban J connectivity index is 1.48. The van der Waals surface area contributed by atoms with E-state index in [2.05, 4.69) is 12.1 Å². The summed E-state index contributed by atoms with van der Waals surface area (Å²) in [5.74, 6) is 0.188. The van der Waals surface area contributed by atoms with Crippen LogP contribution in [0.15, 0.2) is 54.6 Å². The fraction of sp³-hybridized carbons (Fsp3) is 0.409. The van der Waals surface area contributed by atoms with Gasteiger partial charge in [0, 0.05) is 24.7 Å². The lowest BCUT2D eigenvalue weighted by Crippen LogP contribution is -2.36. The number of hydrogen-bond acceptors (Lipinski definition) is 3. The van der Waals surface area contributed by atoms with Gasteiger partial charge < -0.3 is 4.90 Å². The van der Waals surface area contributed by atoms with Crippen molar-refractivity contribution in [2.24, 2.45) is 0 Å². The summed E-state index contributed by atoms with van der Waals surface area (Å²) in [7, 11) is -3.24. The molecular formula is C22H26N2O3S. The van der Waals surface area contributed by atoms with E-state index in [1.54, 1.807) is 24.3 Å². The molecule has 0 saturated carbocycles. The SMILES string of the molecule is O=C(c1cccc(N2CCCS2(=O)=O)c1)N1CCCC1CCc1ccccc1. The number of aryl methyl sites for hydroxylation is 1. The maximum absolute atomic E-state index is 13.2. The topological polar surface area (TPSA) is 57.7 Å². The summed E-state index contributed by atoms with van der Waals surface area (Å²) < 4.78 is 25.8. The number of benzene rings is 2. The third-order valence-corrected chi connectivity index (χ3v) is 7.60. The summed E-state index contributed by atoms with van der Waals surface area (Å²) in [6.07, 6.45) is 4.59. The molecule has 2 aromatic carbocycles. The number of likely N-dealkylation sites (tertiary alicyclic amines) is 1. The number of carbonyl (C=O) groups excluding carboxylic acids is 1. The van der Waals surface area contributed by atoms with Crippen LogP contribution in [0.2, 0.25) is 0 Å². The second-order valence-electron chi connectivity index (χ2n) is 7.61. The van der Waals surface area contributed by atoms with Gasteiger partial charge in [0.2, 0.25) is 10.0 Å². The van der Waals surface area contributed by atoms with Gasteiger partial charge in [0.15, 0.2) is 0 Å². The van der Waals surface area contributed by atoms with E-state index < -0.39 is 10.0 Å². The van der Waals surface area contributed by atoms with Crippen LogP contribution in [0, 0.1) is 0 Å². The van der Waals surface area contributed by atoms with Crippen LogP contribution in [-0.2, 0) is 16.4 Å². The first kappa shape index (κ1) is 19.0. The predicted molar refractivity (Wildman–Crippen MR) is 111 cm³/mol. The van der Waals surface area contributed by atoms with Gasteiger partial charge in [-0.3, -0.25) is 9.10 Å². The molecule has 2 saturated heterocycles. The molecule has 1 unspecified atom stereocenters. The van der Waals surface area contributed by atoms with Gasteiger partial charge in [0.05, 0.1) is 11.4 Å². The standard InChI is InChI=1S/C22H26N2O3S/c25-22(19-9-4-10-21(17-19)24-15-6-16-28(24,26)27)23-14-5-11-20(23)13-12-18-7-2-1-3-8-18/h1-4,7-10,17,20H,5-6,11-16H2. The Morgan fingerprint density at radius 1 is 1.00 bits per heavy atom. The molecule has 1 atom stereocenters. The van der Waals surface area contributed by atoms with Gasteiger partial charge in [-0.15, -0.1) is 0 Å². The quantitative estimate of drug-likeness (QED) is 0.775. The van der Waals surface area contributed by atoms with Crippen molar-refractivity contribution < 1.29 is 13.2 Å². The van der Waals surface area contributed by atoms with Gasteiger partial charge in [-0.25, -0.2) is 8.42 Å². The van der Waals surface area contributed by atoms with Crippen LogP contribution < -0.4 is 4.31 Å². The maximum Gasteiger partial charge on any atom is 0.254 e. The van der Waals surface area contributed by atoms with E-state index in [1.807, 2.05) is 23.1 Å². The number of amides is 1. The molecule has 0 spiro atoms. The first-order chi connectivity index (χ1) is 13.5. The Kier molecular flexibility index (Phi) is 5.40. The van der Waals surface area contributed by atoms with Crippen molar-refractivity contribution in [2.75, 3.05) is 23.1 Å². The minimum atomic E-state index is -3.24. The van der Waals surface area contributed by atoms with Crippen molar-refractivity contribution >= 4 is 21.6 Å². The molecule has 2 aliphatic rings. The first-order valence-corrected chi connectivity index (χ1v) is 11.6. The first-order valence-electron chi connectivity index (χ1n) is 10.00. The normalized spacial score (nSPS) is 21.2. The van der Waals surface area contributed by atoms with E-state index in [0.717, 1.165) is 32.2 Å². The molecule has 2 fully saturated rings. The zero-order chi connectivity index (χ0) is 19.6. The average molecular weight is 399 g/mol. The number of sulfonamides is 1. The second-order valence-corrected chi connectivity index (χ2v) is 9.62. The van der Waals surface area contributed by atoms with Crippen LogP contribution in [0.25, 0.3) is 0 Å². The van der Waals surface area contributed by atoms with Crippen LogP contribution in [0.1, 0.15) is 41.6 Å². The van der Waals surface area contributed by atoms with Gasteiger partial charge in [-0.1, -0.05) is 36.4 Å². The summed E-state index contributed by atoms with van der Waals surface area (Å²) in [6, 6.07) is 17.7. The van der Waals surface area contributed by atoms with Crippen LogP contribution in [-0.4, -0.2) is 44.1 Å². The van der Waals surface area contributed by atoms with E-state index in [4.69, 9.17) is 0 Å². The Hall–Kier alpha value is -2.34. The zero-order valence-electron chi connectivity index (χ0n) is 16.0. The number of nitrogens with zero attached hydrogens (tertiary/aromatic N) is 2. The van der Waals surface area contributed by atoms with E-state index >= 15 is 0 Å². The van der Waals surface area contributed by atoms with Gasteiger partial charge >= 0.3 is 0 Å². The van der Waals surface area contributed by atoms with Crippen LogP contribution in [0.5, 0.6) is 0 Å². The summed E-state index contributed by atoms with van der Waals surface area (Å²) in [5, 5.41) is 0. The molecule has 148 valence electrons. The molecule has 4 rings (SSSR count). The van der Waals surface area contributed by atoms with Gasteiger partial charge in [-0.05, 0) is 55.9 Å². The fourth-order valence-corrected chi connectivity index (χ4v) is 5.83. The van der Waals surface area contributed by atoms with Crippen molar-refractivity contribution in [3.05, 3.63) is 65.7 Å². The molecule has 2 aromatic rings. The lowest BCUT2D eigenvalue weighted by molar-refractivity contribution is 0.0730. The fourth-order valence-electron chi connectivity index (χ4n) is 4.27. The van der Waals surface area contributed by atoms with Crippen molar-refractivity contribution in [3.8, 4) is 0 Å².